The van der Waals surface area contributed by atoms with E-state index in [0.717, 1.165) is 18.6 Å². The predicted octanol–water partition coefficient (Wildman–Crippen LogP) is 3.40. The summed E-state index contributed by atoms with van der Waals surface area (Å²) in [5.41, 5.74) is -0.513. The summed E-state index contributed by atoms with van der Waals surface area (Å²) in [7, 11) is 0. The largest absolute Gasteiger partial charge is 0.474 e. The number of rotatable bonds is 2. The first kappa shape index (κ1) is 12.1. The fourth-order valence-electron chi connectivity index (χ4n) is 2.43. The van der Waals surface area contributed by atoms with E-state index in [1.165, 1.54) is 10.8 Å². The zero-order valence-electron chi connectivity index (χ0n) is 10.8. The normalized spacial score (nSPS) is 17.8. The van der Waals surface area contributed by atoms with Gasteiger partial charge in [-0.3, -0.25) is 0 Å². The molecular formula is C17H16O2. The average molecular weight is 252 g/mol. The monoisotopic (exact) mass is 252 g/mol. The minimum atomic E-state index is -0.513. The first-order chi connectivity index (χ1) is 9.31. The number of ether oxygens (including phenoxy) is 2. The minimum absolute atomic E-state index is 0.513. The number of hydrogen-bond acceptors (Lipinski definition) is 2. The molecule has 0 radical (unpaired) electrons. The molecule has 2 heteroatoms. The van der Waals surface area contributed by atoms with Crippen LogP contribution in [0.4, 0.5) is 0 Å². The SMILES string of the molecule is C#CC1(Oc2ccc3ccccc3c2)CCOCC1. The van der Waals surface area contributed by atoms with Crippen molar-refractivity contribution in [2.45, 2.75) is 18.4 Å². The molecular weight excluding hydrogens is 236 g/mol. The van der Waals surface area contributed by atoms with E-state index < -0.39 is 5.60 Å². The van der Waals surface area contributed by atoms with Crippen LogP contribution < -0.4 is 4.74 Å². The Kier molecular flexibility index (Phi) is 3.15. The van der Waals surface area contributed by atoms with Gasteiger partial charge in [-0.25, -0.2) is 0 Å². The van der Waals surface area contributed by atoms with Gasteiger partial charge >= 0.3 is 0 Å². The fourth-order valence-corrected chi connectivity index (χ4v) is 2.43. The van der Waals surface area contributed by atoms with Gasteiger partial charge in [0, 0.05) is 12.8 Å². The van der Waals surface area contributed by atoms with Crippen LogP contribution in [0.25, 0.3) is 10.8 Å². The molecule has 2 aromatic rings. The third kappa shape index (κ3) is 2.43. The van der Waals surface area contributed by atoms with Gasteiger partial charge in [-0.1, -0.05) is 36.3 Å². The van der Waals surface area contributed by atoms with E-state index in [-0.39, 0.29) is 0 Å². The van der Waals surface area contributed by atoms with E-state index >= 15 is 0 Å². The molecule has 0 aliphatic carbocycles. The van der Waals surface area contributed by atoms with Crippen LogP contribution in [0.2, 0.25) is 0 Å². The van der Waals surface area contributed by atoms with Crippen molar-refractivity contribution in [3.63, 3.8) is 0 Å². The molecule has 0 atom stereocenters. The topological polar surface area (TPSA) is 18.5 Å². The summed E-state index contributed by atoms with van der Waals surface area (Å²) >= 11 is 0. The van der Waals surface area contributed by atoms with Crippen molar-refractivity contribution < 1.29 is 9.47 Å². The summed E-state index contributed by atoms with van der Waals surface area (Å²) in [5, 5.41) is 2.37. The van der Waals surface area contributed by atoms with Crippen LogP contribution in [0.3, 0.4) is 0 Å². The molecule has 0 amide bonds. The molecule has 2 aromatic carbocycles. The van der Waals surface area contributed by atoms with Gasteiger partial charge in [0.25, 0.3) is 0 Å². The van der Waals surface area contributed by atoms with Crippen LogP contribution in [0.1, 0.15) is 12.8 Å². The van der Waals surface area contributed by atoms with Crippen molar-refractivity contribution >= 4 is 10.8 Å². The lowest BCUT2D eigenvalue weighted by atomic mass is 9.95. The first-order valence-electron chi connectivity index (χ1n) is 6.55. The van der Waals surface area contributed by atoms with Crippen molar-refractivity contribution in [2.75, 3.05) is 13.2 Å². The smallest absolute Gasteiger partial charge is 0.173 e. The molecule has 1 heterocycles. The Balaban J connectivity index is 1.90. The second kappa shape index (κ2) is 4.95. The van der Waals surface area contributed by atoms with E-state index in [4.69, 9.17) is 15.9 Å². The molecule has 0 spiro atoms. The Morgan fingerprint density at radius 2 is 1.79 bits per heavy atom. The van der Waals surface area contributed by atoms with Gasteiger partial charge in [0.2, 0.25) is 0 Å². The second-order valence-corrected chi connectivity index (χ2v) is 4.86. The van der Waals surface area contributed by atoms with E-state index in [1.54, 1.807) is 0 Å². The highest BCUT2D eigenvalue weighted by molar-refractivity contribution is 5.83. The third-order valence-electron chi connectivity index (χ3n) is 3.60. The summed E-state index contributed by atoms with van der Waals surface area (Å²) in [4.78, 5) is 0. The van der Waals surface area contributed by atoms with Crippen LogP contribution in [0.15, 0.2) is 42.5 Å². The van der Waals surface area contributed by atoms with Crippen LogP contribution >= 0.6 is 0 Å². The molecule has 1 aliphatic rings. The van der Waals surface area contributed by atoms with Crippen LogP contribution in [-0.2, 0) is 4.74 Å². The fraction of sp³-hybridized carbons (Fsp3) is 0.294. The number of benzene rings is 2. The molecule has 0 N–H and O–H groups in total. The van der Waals surface area contributed by atoms with Crippen molar-refractivity contribution in [2.24, 2.45) is 0 Å². The number of hydrogen-bond donors (Lipinski definition) is 0. The molecule has 1 saturated heterocycles. The first-order valence-corrected chi connectivity index (χ1v) is 6.55. The summed E-state index contributed by atoms with van der Waals surface area (Å²) in [6.07, 6.45) is 7.16. The third-order valence-corrected chi connectivity index (χ3v) is 3.60. The lowest BCUT2D eigenvalue weighted by Crippen LogP contribution is -2.40. The van der Waals surface area contributed by atoms with Gasteiger partial charge < -0.3 is 9.47 Å². The van der Waals surface area contributed by atoms with E-state index in [0.29, 0.717) is 13.2 Å². The van der Waals surface area contributed by atoms with Crippen LogP contribution in [0.5, 0.6) is 5.75 Å². The zero-order valence-corrected chi connectivity index (χ0v) is 10.8. The highest BCUT2D eigenvalue weighted by atomic mass is 16.5. The molecule has 1 fully saturated rings. The standard InChI is InChI=1S/C17H16O2/c1-2-17(9-11-18-12-10-17)19-16-8-7-14-5-3-4-6-15(14)13-16/h1,3-8,13H,9-12H2. The van der Waals surface area contributed by atoms with E-state index in [1.807, 2.05) is 24.3 Å². The minimum Gasteiger partial charge on any atom is -0.474 e. The maximum Gasteiger partial charge on any atom is 0.173 e. The molecule has 0 aromatic heterocycles. The van der Waals surface area contributed by atoms with Gasteiger partial charge in [-0.15, -0.1) is 6.42 Å². The lowest BCUT2D eigenvalue weighted by Gasteiger charge is -2.33. The highest BCUT2D eigenvalue weighted by Crippen LogP contribution is 2.29. The lowest BCUT2D eigenvalue weighted by molar-refractivity contribution is -0.0110. The van der Waals surface area contributed by atoms with Crippen LogP contribution in [0, 0.1) is 12.3 Å². The van der Waals surface area contributed by atoms with Crippen molar-refractivity contribution in [1.29, 1.82) is 0 Å². The van der Waals surface area contributed by atoms with Gasteiger partial charge in [0.1, 0.15) is 5.75 Å². The Bertz CT molecular complexity index is 618. The van der Waals surface area contributed by atoms with E-state index in [9.17, 15) is 0 Å². The molecule has 3 rings (SSSR count). The average Bonchev–Trinajstić information content (AvgIpc) is 2.48. The Morgan fingerprint density at radius 1 is 1.05 bits per heavy atom. The van der Waals surface area contributed by atoms with Crippen LogP contribution in [-0.4, -0.2) is 18.8 Å². The molecule has 0 unspecified atom stereocenters. The Hall–Kier alpha value is -1.98. The summed E-state index contributed by atoms with van der Waals surface area (Å²) in [6, 6.07) is 14.3. The van der Waals surface area contributed by atoms with Gasteiger partial charge in [0.05, 0.1) is 13.2 Å². The Morgan fingerprint density at radius 3 is 2.53 bits per heavy atom. The summed E-state index contributed by atoms with van der Waals surface area (Å²) < 4.78 is 11.4. The van der Waals surface area contributed by atoms with Crippen molar-refractivity contribution in [3.8, 4) is 18.1 Å². The number of terminal acetylenes is 1. The van der Waals surface area contributed by atoms with Crippen molar-refractivity contribution in [3.05, 3.63) is 42.5 Å². The summed E-state index contributed by atoms with van der Waals surface area (Å²) in [6.45, 7) is 1.33. The zero-order chi connectivity index (χ0) is 13.1. The quantitative estimate of drug-likeness (QED) is 0.763. The molecule has 19 heavy (non-hydrogen) atoms. The highest BCUT2D eigenvalue weighted by Gasteiger charge is 2.32. The van der Waals surface area contributed by atoms with E-state index in [2.05, 4.69) is 24.1 Å². The second-order valence-electron chi connectivity index (χ2n) is 4.86. The van der Waals surface area contributed by atoms with Gasteiger partial charge in [0.15, 0.2) is 5.60 Å². The van der Waals surface area contributed by atoms with Crippen molar-refractivity contribution in [1.82, 2.24) is 0 Å². The molecule has 0 saturated carbocycles. The predicted molar refractivity (Wildman–Crippen MR) is 76.2 cm³/mol. The maximum atomic E-state index is 6.08. The molecule has 1 aliphatic heterocycles. The molecule has 0 bridgehead atoms. The molecule has 2 nitrogen and oxygen atoms in total. The van der Waals surface area contributed by atoms with Gasteiger partial charge in [-0.2, -0.15) is 0 Å². The maximum absolute atomic E-state index is 6.08. The molecule has 96 valence electrons. The summed E-state index contributed by atoms with van der Waals surface area (Å²) in [5.74, 6) is 3.64. The Labute approximate surface area is 113 Å². The number of fused-ring (bicyclic) bond motifs is 1. The van der Waals surface area contributed by atoms with Gasteiger partial charge in [-0.05, 0) is 22.9 Å².